The van der Waals surface area contributed by atoms with Gasteiger partial charge >= 0.3 is 0 Å². The maximum atomic E-state index is 13.2. The largest absolute Gasteiger partial charge is 0.497 e. The van der Waals surface area contributed by atoms with Crippen LogP contribution in [0.5, 0.6) is 11.5 Å². The fraction of sp³-hybridized carbons (Fsp3) is 0.333. The molecule has 0 bridgehead atoms. The van der Waals surface area contributed by atoms with Crippen molar-refractivity contribution in [3.05, 3.63) is 59.7 Å². The number of rotatable bonds is 6. The molecule has 0 saturated carbocycles. The van der Waals surface area contributed by atoms with Crippen molar-refractivity contribution >= 4 is 5.91 Å². The maximum absolute atomic E-state index is 13.2. The van der Waals surface area contributed by atoms with Crippen LogP contribution >= 0.6 is 0 Å². The van der Waals surface area contributed by atoms with E-state index >= 15 is 0 Å². The number of methoxy groups -OCH3 is 2. The second-order valence-corrected chi connectivity index (χ2v) is 7.15. The summed E-state index contributed by atoms with van der Waals surface area (Å²) in [7, 11) is 3.11. The van der Waals surface area contributed by atoms with E-state index in [2.05, 4.69) is 20.4 Å². The number of amides is 1. The third kappa shape index (κ3) is 4.64. The van der Waals surface area contributed by atoms with Gasteiger partial charge in [-0.05, 0) is 46.8 Å². The molecular weight excluding hydrogens is 403 g/mol. The molecule has 0 aliphatic carbocycles. The zero-order valence-electron chi connectivity index (χ0n) is 17.4. The molecule has 3 aromatic rings. The molecule has 1 amide bonds. The Morgan fingerprint density at radius 2 is 1.65 bits per heavy atom. The smallest absolute Gasteiger partial charge is 0.254 e. The van der Waals surface area contributed by atoms with Gasteiger partial charge in [-0.25, -0.2) is 4.39 Å². The van der Waals surface area contributed by atoms with E-state index in [1.165, 1.54) is 12.1 Å². The number of halogens is 1. The standard InChI is InChI=1S/C21H23FN6O3/c1-30-18-11-15(12-19(13-18)31-2)21(29)27-9-7-26(8-10-27)14-20-23-24-25-28(20)17-5-3-16(22)4-6-17/h3-6,11-13H,7-10,14H2,1-2H3. The van der Waals surface area contributed by atoms with Crippen LogP contribution in [0.3, 0.4) is 0 Å². The molecule has 1 aromatic heterocycles. The molecule has 0 spiro atoms. The van der Waals surface area contributed by atoms with E-state index in [0.717, 1.165) is 0 Å². The van der Waals surface area contributed by atoms with E-state index in [1.54, 1.807) is 49.2 Å². The van der Waals surface area contributed by atoms with Crippen molar-refractivity contribution < 1.29 is 18.7 Å². The SMILES string of the molecule is COc1cc(OC)cc(C(=O)N2CCN(Cc3nnnn3-c3ccc(F)cc3)CC2)c1. The van der Waals surface area contributed by atoms with Crippen molar-refractivity contribution in [3.63, 3.8) is 0 Å². The van der Waals surface area contributed by atoms with Crippen LogP contribution in [0.4, 0.5) is 4.39 Å². The number of hydrogen-bond acceptors (Lipinski definition) is 7. The van der Waals surface area contributed by atoms with Crippen molar-refractivity contribution in [2.24, 2.45) is 0 Å². The van der Waals surface area contributed by atoms with Gasteiger partial charge in [-0.15, -0.1) is 5.10 Å². The monoisotopic (exact) mass is 426 g/mol. The van der Waals surface area contributed by atoms with Gasteiger partial charge in [0.2, 0.25) is 0 Å². The summed E-state index contributed by atoms with van der Waals surface area (Å²) in [4.78, 5) is 17.0. The number of hydrogen-bond donors (Lipinski definition) is 0. The van der Waals surface area contributed by atoms with Gasteiger partial charge in [0, 0.05) is 37.8 Å². The Kier molecular flexibility index (Phi) is 6.08. The second kappa shape index (κ2) is 9.09. The Labute approximate surface area is 179 Å². The first-order valence-corrected chi connectivity index (χ1v) is 9.85. The molecule has 1 saturated heterocycles. The van der Waals surface area contributed by atoms with Crippen LogP contribution < -0.4 is 9.47 Å². The summed E-state index contributed by atoms with van der Waals surface area (Å²) < 4.78 is 25.3. The maximum Gasteiger partial charge on any atom is 0.254 e. The fourth-order valence-electron chi connectivity index (χ4n) is 3.51. The van der Waals surface area contributed by atoms with E-state index in [-0.39, 0.29) is 11.7 Å². The van der Waals surface area contributed by atoms with E-state index in [0.29, 0.717) is 61.3 Å². The van der Waals surface area contributed by atoms with Gasteiger partial charge in [0.15, 0.2) is 5.82 Å². The Balaban J connectivity index is 1.39. The van der Waals surface area contributed by atoms with Crippen LogP contribution in [0, 0.1) is 5.82 Å². The highest BCUT2D eigenvalue weighted by atomic mass is 19.1. The third-order valence-electron chi connectivity index (χ3n) is 5.23. The molecule has 0 radical (unpaired) electrons. The Morgan fingerprint density at radius 1 is 1.00 bits per heavy atom. The summed E-state index contributed by atoms with van der Waals surface area (Å²) in [5.74, 6) is 1.44. The first-order chi connectivity index (χ1) is 15.1. The predicted octanol–water partition coefficient (Wildman–Crippen LogP) is 1.78. The third-order valence-corrected chi connectivity index (χ3v) is 5.23. The average molecular weight is 426 g/mol. The van der Waals surface area contributed by atoms with Crippen molar-refractivity contribution in [1.82, 2.24) is 30.0 Å². The Hall–Kier alpha value is -3.53. The molecule has 9 nitrogen and oxygen atoms in total. The van der Waals surface area contributed by atoms with Crippen molar-refractivity contribution in [2.45, 2.75) is 6.54 Å². The Morgan fingerprint density at radius 3 is 2.26 bits per heavy atom. The van der Waals surface area contributed by atoms with Gasteiger partial charge in [0.1, 0.15) is 17.3 Å². The van der Waals surface area contributed by atoms with Crippen LogP contribution in [-0.4, -0.2) is 76.3 Å². The van der Waals surface area contributed by atoms with Crippen LogP contribution in [-0.2, 0) is 6.54 Å². The molecule has 4 rings (SSSR count). The van der Waals surface area contributed by atoms with Crippen LogP contribution in [0.2, 0.25) is 0 Å². The lowest BCUT2D eigenvalue weighted by molar-refractivity contribution is 0.0623. The zero-order chi connectivity index (χ0) is 21.8. The summed E-state index contributed by atoms with van der Waals surface area (Å²) in [5.41, 5.74) is 1.23. The highest BCUT2D eigenvalue weighted by Crippen LogP contribution is 2.24. The lowest BCUT2D eigenvalue weighted by atomic mass is 10.1. The summed E-state index contributed by atoms with van der Waals surface area (Å²) >= 11 is 0. The van der Waals surface area contributed by atoms with E-state index < -0.39 is 0 Å². The van der Waals surface area contributed by atoms with Crippen LogP contribution in [0.15, 0.2) is 42.5 Å². The molecule has 10 heteroatoms. The highest BCUT2D eigenvalue weighted by Gasteiger charge is 2.24. The Bertz CT molecular complexity index is 1030. The number of carbonyl (C=O) groups excluding carboxylic acids is 1. The zero-order valence-corrected chi connectivity index (χ0v) is 17.4. The van der Waals surface area contributed by atoms with Crippen LogP contribution in [0.25, 0.3) is 5.69 Å². The lowest BCUT2D eigenvalue weighted by Crippen LogP contribution is -2.48. The van der Waals surface area contributed by atoms with Gasteiger partial charge in [0.25, 0.3) is 5.91 Å². The number of aromatic nitrogens is 4. The van der Waals surface area contributed by atoms with Crippen molar-refractivity contribution in [2.75, 3.05) is 40.4 Å². The summed E-state index contributed by atoms with van der Waals surface area (Å²) in [6, 6.07) is 11.2. The van der Waals surface area contributed by atoms with E-state index in [4.69, 9.17) is 9.47 Å². The molecular formula is C21H23FN6O3. The van der Waals surface area contributed by atoms with Crippen molar-refractivity contribution in [3.8, 4) is 17.2 Å². The number of ether oxygens (including phenoxy) is 2. The minimum Gasteiger partial charge on any atom is -0.497 e. The van der Waals surface area contributed by atoms with E-state index in [1.807, 2.05) is 4.90 Å². The average Bonchev–Trinajstić information content (AvgIpc) is 3.27. The van der Waals surface area contributed by atoms with Gasteiger partial charge < -0.3 is 14.4 Å². The van der Waals surface area contributed by atoms with Gasteiger partial charge in [-0.1, -0.05) is 0 Å². The quantitative estimate of drug-likeness (QED) is 0.594. The molecule has 31 heavy (non-hydrogen) atoms. The number of piperazine rings is 1. The highest BCUT2D eigenvalue weighted by molar-refractivity contribution is 5.95. The summed E-state index contributed by atoms with van der Waals surface area (Å²) in [6.45, 7) is 3.05. The number of carbonyl (C=O) groups is 1. The molecule has 162 valence electrons. The number of benzene rings is 2. The minimum absolute atomic E-state index is 0.0620. The van der Waals surface area contributed by atoms with Gasteiger partial charge in [-0.3, -0.25) is 9.69 Å². The molecule has 0 atom stereocenters. The number of tetrazole rings is 1. The molecule has 2 aromatic carbocycles. The number of nitrogens with zero attached hydrogens (tertiary/aromatic N) is 6. The molecule has 1 aliphatic rings. The lowest BCUT2D eigenvalue weighted by Gasteiger charge is -2.34. The van der Waals surface area contributed by atoms with Crippen LogP contribution in [0.1, 0.15) is 16.2 Å². The molecule has 0 N–H and O–H groups in total. The van der Waals surface area contributed by atoms with Gasteiger partial charge in [0.05, 0.1) is 26.5 Å². The van der Waals surface area contributed by atoms with Crippen molar-refractivity contribution in [1.29, 1.82) is 0 Å². The normalized spacial score (nSPS) is 14.5. The topological polar surface area (TPSA) is 85.6 Å². The molecule has 2 heterocycles. The fourth-order valence-corrected chi connectivity index (χ4v) is 3.51. The van der Waals surface area contributed by atoms with E-state index in [9.17, 15) is 9.18 Å². The summed E-state index contributed by atoms with van der Waals surface area (Å²) in [5, 5.41) is 11.9. The summed E-state index contributed by atoms with van der Waals surface area (Å²) in [6.07, 6.45) is 0. The molecule has 1 aliphatic heterocycles. The molecule has 0 unspecified atom stereocenters. The molecule has 1 fully saturated rings. The first kappa shape index (κ1) is 20.7. The minimum atomic E-state index is -0.312. The first-order valence-electron chi connectivity index (χ1n) is 9.85. The van der Waals surface area contributed by atoms with Gasteiger partial charge in [-0.2, -0.15) is 4.68 Å². The second-order valence-electron chi connectivity index (χ2n) is 7.15. The predicted molar refractivity (Wildman–Crippen MR) is 110 cm³/mol.